The number of rotatable bonds is 40. The highest BCUT2D eigenvalue weighted by Gasteiger charge is 2.27. The van der Waals surface area contributed by atoms with Crippen LogP contribution < -0.4 is 0 Å². The van der Waals surface area contributed by atoms with Gasteiger partial charge in [0.1, 0.15) is 12.7 Å². The Kier molecular flexibility index (Phi) is 38.6. The van der Waals surface area contributed by atoms with E-state index in [1.807, 2.05) is 0 Å². The summed E-state index contributed by atoms with van der Waals surface area (Å²) in [6.45, 7) is 2.30. The van der Waals surface area contributed by atoms with Gasteiger partial charge in [-0.3, -0.25) is 18.6 Å². The molecule has 3 atom stereocenters. The van der Waals surface area contributed by atoms with Crippen molar-refractivity contribution in [3.05, 3.63) is 48.6 Å². The molecule has 0 rings (SSSR count). The molecule has 320 valence electrons. The van der Waals surface area contributed by atoms with Gasteiger partial charge in [-0.05, 0) is 77.0 Å². The molecule has 0 heterocycles. The number of unbranched alkanes of at least 4 members (excludes halogenated alkanes) is 18. The number of ether oxygens (including phenoxy) is 2. The molecule has 11 heteroatoms. The van der Waals surface area contributed by atoms with Crippen LogP contribution in [0.5, 0.6) is 0 Å². The van der Waals surface area contributed by atoms with Crippen LogP contribution in [0.1, 0.15) is 181 Å². The summed E-state index contributed by atoms with van der Waals surface area (Å²) in [7, 11) is -4.63. The zero-order chi connectivity index (χ0) is 40.5. The Balaban J connectivity index is 4.37. The van der Waals surface area contributed by atoms with Crippen molar-refractivity contribution in [3.8, 4) is 0 Å². The molecule has 0 aromatic heterocycles. The number of phosphoric acid groups is 1. The summed E-state index contributed by atoms with van der Waals surface area (Å²) < 4.78 is 32.7. The van der Waals surface area contributed by atoms with Gasteiger partial charge in [0.25, 0.3) is 0 Å². The Hall–Kier alpha value is -2.07. The van der Waals surface area contributed by atoms with Crippen LogP contribution in [-0.4, -0.2) is 65.7 Å². The summed E-state index contributed by atoms with van der Waals surface area (Å²) in [6, 6.07) is 0. The molecule has 1 unspecified atom stereocenters. The number of aliphatic hydroxyl groups is 2. The third-order valence-corrected chi connectivity index (χ3v) is 9.91. The van der Waals surface area contributed by atoms with E-state index in [1.165, 1.54) is 77.0 Å². The molecule has 3 N–H and O–H groups in total. The van der Waals surface area contributed by atoms with Crippen molar-refractivity contribution in [1.82, 2.24) is 0 Å². The van der Waals surface area contributed by atoms with Crippen molar-refractivity contribution < 1.29 is 47.8 Å². The van der Waals surface area contributed by atoms with Crippen LogP contribution in [-0.2, 0) is 32.7 Å². The molecule has 0 aromatic carbocycles. The van der Waals surface area contributed by atoms with E-state index in [2.05, 4.69) is 67.0 Å². The summed E-state index contributed by atoms with van der Waals surface area (Å²) in [5, 5.41) is 18.3. The highest BCUT2D eigenvalue weighted by atomic mass is 31.2. The molecule has 10 nitrogen and oxygen atoms in total. The van der Waals surface area contributed by atoms with Gasteiger partial charge in [0.05, 0.1) is 19.8 Å². The van der Waals surface area contributed by atoms with E-state index in [4.69, 9.17) is 19.1 Å². The Bertz CT molecular complexity index is 1060. The first-order valence-corrected chi connectivity index (χ1v) is 23.1. The Labute approximate surface area is 334 Å². The molecule has 0 aliphatic rings. The molecule has 0 aliphatic heterocycles. The zero-order valence-corrected chi connectivity index (χ0v) is 35.5. The summed E-state index contributed by atoms with van der Waals surface area (Å²) in [6.07, 6.45) is 42.2. The first-order valence-electron chi connectivity index (χ1n) is 21.6. The molecular formula is C44H79O10P. The average molecular weight is 799 g/mol. The first-order chi connectivity index (χ1) is 26.7. The number of hydrogen-bond donors (Lipinski definition) is 3. The van der Waals surface area contributed by atoms with Crippen LogP contribution in [0.15, 0.2) is 48.6 Å². The number of phosphoric ester groups is 1. The lowest BCUT2D eigenvalue weighted by Gasteiger charge is -2.20. The quantitative estimate of drug-likeness (QED) is 0.0237. The van der Waals surface area contributed by atoms with E-state index in [0.29, 0.717) is 12.8 Å². The fourth-order valence-corrected chi connectivity index (χ4v) is 6.37. The largest absolute Gasteiger partial charge is 0.472 e. The van der Waals surface area contributed by atoms with Gasteiger partial charge >= 0.3 is 19.8 Å². The predicted molar refractivity (Wildman–Crippen MR) is 224 cm³/mol. The van der Waals surface area contributed by atoms with Crippen molar-refractivity contribution >= 4 is 19.8 Å². The standard InChI is InChI=1S/C44H79O10P/c1-3-5-7-9-11-13-15-17-19-20-22-23-25-27-29-31-33-35-43(47)51-39-42(40-53-55(49,50)52-38-41(46)37-45)54-44(48)36-34-32-30-28-26-24-21-18-16-14-12-10-8-6-4-2/h11,13,17,19,22-24,26,41-42,45-46H,3-10,12,14-16,18,20-21,25,27-40H2,1-2H3,(H,49,50)/b13-11+,19-17+,23-22+,26-24+/t41-,42+/m0/s1. The number of esters is 2. The van der Waals surface area contributed by atoms with Crippen LogP contribution in [0.2, 0.25) is 0 Å². The topological polar surface area (TPSA) is 149 Å². The SMILES string of the molecule is CCCCC/C=C/C/C=C/C/C=C/CCCCCCC(=O)OC[C@H](COP(=O)(O)OC[C@@H](O)CO)OC(=O)CCCCC/C=C/CCCCCCCCCC. The molecule has 0 amide bonds. The summed E-state index contributed by atoms with van der Waals surface area (Å²) in [4.78, 5) is 35.0. The molecule has 0 spiro atoms. The lowest BCUT2D eigenvalue weighted by Crippen LogP contribution is -2.29. The molecule has 0 fully saturated rings. The lowest BCUT2D eigenvalue weighted by atomic mass is 10.1. The minimum Gasteiger partial charge on any atom is -0.462 e. The highest BCUT2D eigenvalue weighted by Crippen LogP contribution is 2.43. The van der Waals surface area contributed by atoms with Crippen molar-refractivity contribution in [2.45, 2.75) is 193 Å². The molecule has 0 saturated carbocycles. The fourth-order valence-electron chi connectivity index (χ4n) is 5.58. The Morgan fingerprint density at radius 1 is 0.545 bits per heavy atom. The van der Waals surface area contributed by atoms with Gasteiger partial charge in [-0.2, -0.15) is 0 Å². The van der Waals surface area contributed by atoms with Gasteiger partial charge < -0.3 is 24.6 Å². The van der Waals surface area contributed by atoms with Crippen molar-refractivity contribution in [3.63, 3.8) is 0 Å². The molecular weight excluding hydrogens is 719 g/mol. The first kappa shape index (κ1) is 52.9. The van der Waals surface area contributed by atoms with Crippen LogP contribution >= 0.6 is 7.82 Å². The highest BCUT2D eigenvalue weighted by molar-refractivity contribution is 7.47. The maximum atomic E-state index is 12.6. The lowest BCUT2D eigenvalue weighted by molar-refractivity contribution is -0.161. The number of aliphatic hydroxyl groups excluding tert-OH is 2. The van der Waals surface area contributed by atoms with Crippen LogP contribution in [0.3, 0.4) is 0 Å². The average Bonchev–Trinajstić information content (AvgIpc) is 3.17. The minimum absolute atomic E-state index is 0.158. The molecule has 0 saturated heterocycles. The molecule has 0 aliphatic carbocycles. The van der Waals surface area contributed by atoms with Crippen molar-refractivity contribution in [2.75, 3.05) is 26.4 Å². The van der Waals surface area contributed by atoms with E-state index in [0.717, 1.165) is 64.2 Å². The number of hydrogen-bond acceptors (Lipinski definition) is 9. The Morgan fingerprint density at radius 3 is 1.49 bits per heavy atom. The fraction of sp³-hybridized carbons (Fsp3) is 0.773. The number of carbonyl (C=O) groups excluding carboxylic acids is 2. The molecule has 0 bridgehead atoms. The summed E-state index contributed by atoms with van der Waals surface area (Å²) in [5.41, 5.74) is 0. The normalized spacial score (nSPS) is 14.3. The van der Waals surface area contributed by atoms with Gasteiger partial charge in [0.2, 0.25) is 0 Å². The second kappa shape index (κ2) is 40.1. The molecule has 0 aromatic rings. The van der Waals surface area contributed by atoms with Crippen molar-refractivity contribution in [1.29, 1.82) is 0 Å². The second-order valence-electron chi connectivity index (χ2n) is 14.4. The van der Waals surface area contributed by atoms with E-state index < -0.39 is 51.8 Å². The molecule has 0 radical (unpaired) electrons. The van der Waals surface area contributed by atoms with E-state index in [9.17, 15) is 24.2 Å². The van der Waals surface area contributed by atoms with Crippen LogP contribution in [0.25, 0.3) is 0 Å². The van der Waals surface area contributed by atoms with Gasteiger partial charge in [0, 0.05) is 12.8 Å². The van der Waals surface area contributed by atoms with Gasteiger partial charge in [-0.25, -0.2) is 4.57 Å². The third kappa shape index (κ3) is 39.9. The Morgan fingerprint density at radius 2 is 0.945 bits per heavy atom. The zero-order valence-electron chi connectivity index (χ0n) is 34.6. The minimum atomic E-state index is -4.63. The van der Waals surface area contributed by atoms with E-state index >= 15 is 0 Å². The summed E-state index contributed by atoms with van der Waals surface area (Å²) in [5.74, 6) is -0.969. The third-order valence-electron chi connectivity index (χ3n) is 8.96. The van der Waals surface area contributed by atoms with Crippen LogP contribution in [0.4, 0.5) is 0 Å². The number of carbonyl (C=O) groups is 2. The van der Waals surface area contributed by atoms with Crippen molar-refractivity contribution in [2.24, 2.45) is 0 Å². The maximum Gasteiger partial charge on any atom is 0.472 e. The summed E-state index contributed by atoms with van der Waals surface area (Å²) >= 11 is 0. The van der Waals surface area contributed by atoms with E-state index in [-0.39, 0.29) is 19.4 Å². The van der Waals surface area contributed by atoms with Crippen LogP contribution in [0, 0.1) is 0 Å². The molecule has 55 heavy (non-hydrogen) atoms. The van der Waals surface area contributed by atoms with E-state index in [1.54, 1.807) is 0 Å². The van der Waals surface area contributed by atoms with Gasteiger partial charge in [0.15, 0.2) is 6.10 Å². The van der Waals surface area contributed by atoms with Gasteiger partial charge in [-0.15, -0.1) is 0 Å². The second-order valence-corrected chi connectivity index (χ2v) is 15.8. The maximum absolute atomic E-state index is 12.6. The van der Waals surface area contributed by atoms with Gasteiger partial charge in [-0.1, -0.05) is 140 Å². The smallest absolute Gasteiger partial charge is 0.462 e. The predicted octanol–water partition coefficient (Wildman–Crippen LogP) is 11.3. The monoisotopic (exact) mass is 799 g/mol. The number of allylic oxidation sites excluding steroid dienone is 8.